The molecule has 0 N–H and O–H groups in total. The van der Waals surface area contributed by atoms with Gasteiger partial charge in [-0.05, 0) is 26.7 Å². The predicted octanol–water partition coefficient (Wildman–Crippen LogP) is 3.17. The average Bonchev–Trinajstić information content (AvgIpc) is 2.51. The number of Topliss-reactive ketones (excluding diaryl/α,β-unsaturated/α-hetero) is 1. The Morgan fingerprint density at radius 2 is 1.90 bits per heavy atom. The third kappa shape index (κ3) is 3.10. The lowest BCUT2D eigenvalue weighted by atomic mass is 9.80. The van der Waals surface area contributed by atoms with Crippen molar-refractivity contribution in [2.75, 3.05) is 14.2 Å². The Balaban J connectivity index is 2.23. The first-order valence-corrected chi connectivity index (χ1v) is 7.61. The van der Waals surface area contributed by atoms with E-state index in [2.05, 4.69) is 4.98 Å². The van der Waals surface area contributed by atoms with E-state index in [1.54, 1.807) is 20.4 Å². The fraction of sp³-hybridized carbons (Fsp3) is 0.647. The number of aryl methyl sites for hydroxylation is 1. The Bertz CT molecular complexity index is 519. The Morgan fingerprint density at radius 3 is 2.48 bits per heavy atom. The summed E-state index contributed by atoms with van der Waals surface area (Å²) in [6.45, 7) is 3.92. The summed E-state index contributed by atoms with van der Waals surface area (Å²) in [4.78, 5) is 17.2. The lowest BCUT2D eigenvalue weighted by molar-refractivity contribution is -0.144. The molecule has 1 aliphatic carbocycles. The molecule has 0 aliphatic heterocycles. The normalized spacial score (nSPS) is 17.5. The van der Waals surface area contributed by atoms with Gasteiger partial charge in [-0.25, -0.2) is 0 Å². The summed E-state index contributed by atoms with van der Waals surface area (Å²) in [6, 6.07) is 0. The molecule has 4 nitrogen and oxygen atoms in total. The van der Waals surface area contributed by atoms with Gasteiger partial charge in [-0.3, -0.25) is 9.78 Å². The molecule has 1 aromatic rings. The molecule has 2 rings (SSSR count). The van der Waals surface area contributed by atoms with Gasteiger partial charge in [0, 0.05) is 24.4 Å². The van der Waals surface area contributed by atoms with Gasteiger partial charge >= 0.3 is 0 Å². The average molecular weight is 291 g/mol. The Kier molecular flexibility index (Phi) is 4.99. The van der Waals surface area contributed by atoms with Gasteiger partial charge in [0.1, 0.15) is 11.4 Å². The summed E-state index contributed by atoms with van der Waals surface area (Å²) in [6.07, 6.45) is 7.04. The highest BCUT2D eigenvalue weighted by molar-refractivity contribution is 5.89. The molecule has 4 heteroatoms. The van der Waals surface area contributed by atoms with E-state index in [1.165, 1.54) is 6.42 Å². The zero-order valence-electron chi connectivity index (χ0n) is 13.5. The second-order valence-electron chi connectivity index (χ2n) is 5.91. The molecule has 1 saturated carbocycles. The van der Waals surface area contributed by atoms with Crippen molar-refractivity contribution in [3.05, 3.63) is 23.0 Å². The molecule has 1 aliphatic rings. The van der Waals surface area contributed by atoms with Crippen LogP contribution in [0.15, 0.2) is 6.20 Å². The quantitative estimate of drug-likeness (QED) is 0.836. The van der Waals surface area contributed by atoms with Crippen LogP contribution in [0.3, 0.4) is 0 Å². The van der Waals surface area contributed by atoms with E-state index in [9.17, 15) is 4.79 Å². The van der Waals surface area contributed by atoms with Crippen molar-refractivity contribution >= 4 is 5.78 Å². The smallest absolute Gasteiger partial charge is 0.170 e. The lowest BCUT2D eigenvalue weighted by Gasteiger charge is -2.34. The molecular formula is C17H25NO3. The number of methoxy groups -OCH3 is 2. The standard InChI is InChI=1S/C17H25NO3/c1-12-11-18-14(13(2)16(12)20-3)10-15(19)17(21-4)8-6-5-7-9-17/h11H,5-10H2,1-4H3. The van der Waals surface area contributed by atoms with Gasteiger partial charge in [-0.15, -0.1) is 0 Å². The fourth-order valence-corrected chi connectivity index (χ4v) is 3.28. The van der Waals surface area contributed by atoms with E-state index < -0.39 is 5.60 Å². The minimum atomic E-state index is -0.607. The Hall–Kier alpha value is -1.42. The Labute approximate surface area is 126 Å². The minimum absolute atomic E-state index is 0.145. The van der Waals surface area contributed by atoms with E-state index >= 15 is 0 Å². The molecule has 0 saturated heterocycles. The maximum atomic E-state index is 12.8. The van der Waals surface area contributed by atoms with Crippen LogP contribution in [0, 0.1) is 13.8 Å². The van der Waals surface area contributed by atoms with Crippen LogP contribution in [0.1, 0.15) is 48.9 Å². The summed E-state index contributed by atoms with van der Waals surface area (Å²) in [5, 5.41) is 0. The van der Waals surface area contributed by atoms with Crippen LogP contribution in [0.4, 0.5) is 0 Å². The fourth-order valence-electron chi connectivity index (χ4n) is 3.28. The molecule has 1 heterocycles. The number of hydrogen-bond acceptors (Lipinski definition) is 4. The summed E-state index contributed by atoms with van der Waals surface area (Å²) in [7, 11) is 3.30. The van der Waals surface area contributed by atoms with Gasteiger partial charge in [0.15, 0.2) is 5.78 Å². The molecule has 0 bridgehead atoms. The van der Waals surface area contributed by atoms with Gasteiger partial charge < -0.3 is 9.47 Å². The molecule has 1 aromatic heterocycles. The summed E-state index contributed by atoms with van der Waals surface area (Å²) in [5.74, 6) is 0.967. The van der Waals surface area contributed by atoms with Gasteiger partial charge in [-0.1, -0.05) is 19.3 Å². The summed E-state index contributed by atoms with van der Waals surface area (Å²) >= 11 is 0. The number of hydrogen-bond donors (Lipinski definition) is 0. The maximum Gasteiger partial charge on any atom is 0.170 e. The van der Waals surface area contributed by atoms with Crippen LogP contribution < -0.4 is 4.74 Å². The molecule has 21 heavy (non-hydrogen) atoms. The predicted molar refractivity (Wildman–Crippen MR) is 81.8 cm³/mol. The van der Waals surface area contributed by atoms with Crippen molar-refractivity contribution in [3.63, 3.8) is 0 Å². The minimum Gasteiger partial charge on any atom is -0.496 e. The van der Waals surface area contributed by atoms with Crippen molar-refractivity contribution in [1.82, 2.24) is 4.98 Å². The molecule has 0 amide bonds. The first-order valence-electron chi connectivity index (χ1n) is 7.61. The monoisotopic (exact) mass is 291 g/mol. The first-order chi connectivity index (χ1) is 10.0. The van der Waals surface area contributed by atoms with Crippen LogP contribution >= 0.6 is 0 Å². The van der Waals surface area contributed by atoms with Crippen molar-refractivity contribution in [2.24, 2.45) is 0 Å². The molecule has 0 unspecified atom stereocenters. The number of ketones is 1. The van der Waals surface area contributed by atoms with Crippen LogP contribution in [0.5, 0.6) is 5.75 Å². The van der Waals surface area contributed by atoms with Crippen LogP contribution in [-0.2, 0) is 16.0 Å². The van der Waals surface area contributed by atoms with Crippen molar-refractivity contribution in [3.8, 4) is 5.75 Å². The number of carbonyl (C=O) groups excluding carboxylic acids is 1. The van der Waals surface area contributed by atoms with Crippen molar-refractivity contribution in [1.29, 1.82) is 0 Å². The number of rotatable bonds is 5. The second kappa shape index (κ2) is 6.56. The summed E-state index contributed by atoms with van der Waals surface area (Å²) < 4.78 is 11.0. The van der Waals surface area contributed by atoms with E-state index in [0.717, 1.165) is 48.3 Å². The van der Waals surface area contributed by atoms with Crippen LogP contribution in [0.25, 0.3) is 0 Å². The lowest BCUT2D eigenvalue weighted by Crippen LogP contribution is -2.43. The largest absolute Gasteiger partial charge is 0.496 e. The zero-order chi connectivity index (χ0) is 15.5. The molecule has 0 radical (unpaired) electrons. The van der Waals surface area contributed by atoms with E-state index in [4.69, 9.17) is 9.47 Å². The third-order valence-corrected chi connectivity index (χ3v) is 4.64. The van der Waals surface area contributed by atoms with Crippen LogP contribution in [-0.4, -0.2) is 30.6 Å². The topological polar surface area (TPSA) is 48.4 Å². The molecule has 1 fully saturated rings. The highest BCUT2D eigenvalue weighted by Crippen LogP contribution is 2.33. The number of nitrogens with zero attached hydrogens (tertiary/aromatic N) is 1. The van der Waals surface area contributed by atoms with Gasteiger partial charge in [-0.2, -0.15) is 0 Å². The molecule has 0 atom stereocenters. The first kappa shape index (κ1) is 16.0. The van der Waals surface area contributed by atoms with E-state index in [1.807, 2.05) is 13.8 Å². The number of carbonyl (C=O) groups is 1. The van der Waals surface area contributed by atoms with Crippen LogP contribution in [0.2, 0.25) is 0 Å². The number of ether oxygens (including phenoxy) is 2. The number of pyridine rings is 1. The second-order valence-corrected chi connectivity index (χ2v) is 5.91. The third-order valence-electron chi connectivity index (χ3n) is 4.64. The molecule has 0 spiro atoms. The maximum absolute atomic E-state index is 12.8. The SMILES string of the molecule is COc1c(C)cnc(CC(=O)C2(OC)CCCCC2)c1C. The van der Waals surface area contributed by atoms with Gasteiger partial charge in [0.05, 0.1) is 19.2 Å². The number of aromatic nitrogens is 1. The Morgan fingerprint density at radius 1 is 1.24 bits per heavy atom. The molecule has 116 valence electrons. The van der Waals surface area contributed by atoms with E-state index in [0.29, 0.717) is 6.42 Å². The van der Waals surface area contributed by atoms with Crippen molar-refractivity contribution < 1.29 is 14.3 Å². The van der Waals surface area contributed by atoms with Gasteiger partial charge in [0.25, 0.3) is 0 Å². The molecule has 0 aromatic carbocycles. The highest BCUT2D eigenvalue weighted by Gasteiger charge is 2.39. The zero-order valence-corrected chi connectivity index (χ0v) is 13.5. The molecular weight excluding hydrogens is 266 g/mol. The highest BCUT2D eigenvalue weighted by atomic mass is 16.5. The summed E-state index contributed by atoms with van der Waals surface area (Å²) in [5.41, 5.74) is 2.13. The van der Waals surface area contributed by atoms with Crippen molar-refractivity contribution in [2.45, 2.75) is 58.0 Å². The van der Waals surface area contributed by atoms with E-state index in [-0.39, 0.29) is 5.78 Å². The van der Waals surface area contributed by atoms with Gasteiger partial charge in [0.2, 0.25) is 0 Å².